The van der Waals surface area contributed by atoms with Gasteiger partial charge in [-0.1, -0.05) is 43.2 Å². The van der Waals surface area contributed by atoms with E-state index in [9.17, 15) is 9.59 Å². The molecule has 7 nitrogen and oxygen atoms in total. The third-order valence-corrected chi connectivity index (χ3v) is 7.36. The van der Waals surface area contributed by atoms with Crippen molar-refractivity contribution in [3.8, 4) is 0 Å². The number of hydrogen-bond acceptors (Lipinski definition) is 5. The van der Waals surface area contributed by atoms with Gasteiger partial charge in [0, 0.05) is 23.4 Å². The number of benzene rings is 2. The zero-order valence-electron chi connectivity index (χ0n) is 18.7. The van der Waals surface area contributed by atoms with Crippen LogP contribution < -0.4 is 10.6 Å². The first-order chi connectivity index (χ1) is 16.0. The van der Waals surface area contributed by atoms with Gasteiger partial charge in [-0.3, -0.25) is 19.5 Å². The molecule has 2 N–H and O–H groups in total. The summed E-state index contributed by atoms with van der Waals surface area (Å²) in [6.07, 6.45) is 3.62. The van der Waals surface area contributed by atoms with Gasteiger partial charge in [-0.2, -0.15) is 0 Å². The molecule has 1 saturated carbocycles. The Balaban J connectivity index is 1.54. The predicted molar refractivity (Wildman–Crippen MR) is 128 cm³/mol. The molecule has 7 heteroatoms. The Morgan fingerprint density at radius 1 is 1.00 bits per heavy atom. The van der Waals surface area contributed by atoms with Crippen molar-refractivity contribution in [2.75, 3.05) is 17.2 Å². The number of nitrogens with two attached hydrogens (primary N) is 1. The number of amides is 2. The maximum absolute atomic E-state index is 13.9. The van der Waals surface area contributed by atoms with Crippen LogP contribution in [-0.2, 0) is 16.0 Å². The monoisotopic (exact) mass is 441 g/mol. The van der Waals surface area contributed by atoms with Gasteiger partial charge < -0.3 is 10.6 Å². The van der Waals surface area contributed by atoms with Gasteiger partial charge in [0.15, 0.2) is 0 Å². The molecule has 2 aromatic rings. The number of nitrogens with zero attached hydrogens (tertiary/aromatic N) is 4. The second kappa shape index (κ2) is 7.54. The molecule has 2 amide bonds. The Morgan fingerprint density at radius 3 is 2.61 bits per heavy atom. The highest BCUT2D eigenvalue weighted by molar-refractivity contribution is 6.22. The molecule has 33 heavy (non-hydrogen) atoms. The highest BCUT2D eigenvalue weighted by Gasteiger charge is 2.46. The molecule has 1 aliphatic carbocycles. The molecular weight excluding hydrogens is 414 g/mol. The van der Waals surface area contributed by atoms with E-state index < -0.39 is 6.17 Å². The first-order valence-corrected chi connectivity index (χ1v) is 11.8. The average molecular weight is 442 g/mol. The van der Waals surface area contributed by atoms with E-state index in [2.05, 4.69) is 0 Å². The van der Waals surface area contributed by atoms with Gasteiger partial charge in [-0.25, -0.2) is 4.99 Å². The summed E-state index contributed by atoms with van der Waals surface area (Å²) < 4.78 is 0. The van der Waals surface area contributed by atoms with E-state index >= 15 is 0 Å². The van der Waals surface area contributed by atoms with Crippen LogP contribution >= 0.6 is 0 Å². The van der Waals surface area contributed by atoms with Gasteiger partial charge in [0.1, 0.15) is 5.84 Å². The number of aliphatic imine (C=N–C) groups is 2. The molecule has 3 aliphatic heterocycles. The molecule has 2 aromatic carbocycles. The third kappa shape index (κ3) is 3.09. The van der Waals surface area contributed by atoms with Gasteiger partial charge >= 0.3 is 0 Å². The Labute approximate surface area is 193 Å². The van der Waals surface area contributed by atoms with E-state index in [0.29, 0.717) is 23.8 Å². The lowest BCUT2D eigenvalue weighted by atomic mass is 9.82. The van der Waals surface area contributed by atoms with Crippen molar-refractivity contribution >= 4 is 34.7 Å². The summed E-state index contributed by atoms with van der Waals surface area (Å²) in [6, 6.07) is 13.7. The van der Waals surface area contributed by atoms with Gasteiger partial charge in [0.2, 0.25) is 12.1 Å². The molecule has 3 atom stereocenters. The summed E-state index contributed by atoms with van der Waals surface area (Å²) in [5, 5.41) is 0. The third-order valence-electron chi connectivity index (χ3n) is 7.36. The van der Waals surface area contributed by atoms with E-state index in [-0.39, 0.29) is 23.8 Å². The van der Waals surface area contributed by atoms with Crippen LogP contribution in [0.3, 0.4) is 0 Å². The van der Waals surface area contributed by atoms with Crippen LogP contribution in [0.15, 0.2) is 52.4 Å². The lowest BCUT2D eigenvalue weighted by molar-refractivity contribution is -0.140. The van der Waals surface area contributed by atoms with Gasteiger partial charge in [0.25, 0.3) is 5.91 Å². The minimum atomic E-state index is -0.973. The van der Waals surface area contributed by atoms with Crippen molar-refractivity contribution in [1.82, 2.24) is 4.90 Å². The fraction of sp³-hybridized carbons (Fsp3) is 0.385. The minimum Gasteiger partial charge on any atom is -0.399 e. The topological polar surface area (TPSA) is 91.4 Å². The number of hydrogen-bond donors (Lipinski definition) is 1. The summed E-state index contributed by atoms with van der Waals surface area (Å²) in [7, 11) is 0. The van der Waals surface area contributed by atoms with Gasteiger partial charge in [-0.05, 0) is 43.9 Å². The van der Waals surface area contributed by atoms with Crippen LogP contribution in [0.4, 0.5) is 11.4 Å². The van der Waals surface area contributed by atoms with Crippen molar-refractivity contribution in [2.24, 2.45) is 15.9 Å². The van der Waals surface area contributed by atoms with Crippen LogP contribution in [0.25, 0.3) is 0 Å². The van der Waals surface area contributed by atoms with E-state index in [4.69, 9.17) is 15.7 Å². The predicted octanol–water partition coefficient (Wildman–Crippen LogP) is 3.15. The zero-order chi connectivity index (χ0) is 22.7. The highest BCUT2D eigenvalue weighted by Crippen LogP contribution is 2.40. The fourth-order valence-electron chi connectivity index (χ4n) is 5.85. The summed E-state index contributed by atoms with van der Waals surface area (Å²) in [4.78, 5) is 40.8. The molecule has 0 aromatic heterocycles. The standard InChI is InChI=1S/C26H27N5O2/c1-15-28-21-10-6-5-9-19(21)25(32)31(15)24-26(33)30-12-11-17-13-18(27)14-20(23(17)30)22(29-24)16-7-3-2-4-8-16/h2-4,7-8,13-14,19,21,24H,5-6,9-12,27H2,1H3/t19?,21?,24-/m0/s1. The highest BCUT2D eigenvalue weighted by atomic mass is 16.2. The first kappa shape index (κ1) is 20.1. The smallest absolute Gasteiger partial charge is 0.272 e. The largest absolute Gasteiger partial charge is 0.399 e. The molecule has 0 saturated heterocycles. The lowest BCUT2D eigenvalue weighted by Crippen LogP contribution is -2.57. The van der Waals surface area contributed by atoms with Gasteiger partial charge in [-0.15, -0.1) is 0 Å². The van der Waals surface area contributed by atoms with E-state index in [1.165, 1.54) is 0 Å². The van der Waals surface area contributed by atoms with E-state index in [0.717, 1.165) is 54.5 Å². The maximum Gasteiger partial charge on any atom is 0.272 e. The number of fused-ring (bicyclic) bond motifs is 1. The molecule has 3 heterocycles. The maximum atomic E-state index is 13.9. The second-order valence-corrected chi connectivity index (χ2v) is 9.38. The van der Waals surface area contributed by atoms with Crippen LogP contribution in [0.5, 0.6) is 0 Å². The molecule has 0 spiro atoms. The number of carbonyl (C=O) groups excluding carboxylic acids is 2. The Bertz CT molecular complexity index is 1220. The molecule has 0 radical (unpaired) electrons. The van der Waals surface area contributed by atoms with Crippen LogP contribution in [-0.4, -0.2) is 47.0 Å². The zero-order valence-corrected chi connectivity index (χ0v) is 18.7. The normalized spacial score (nSPS) is 26.4. The molecule has 4 aliphatic rings. The first-order valence-electron chi connectivity index (χ1n) is 11.8. The van der Waals surface area contributed by atoms with Crippen molar-refractivity contribution in [2.45, 2.75) is 51.2 Å². The van der Waals surface area contributed by atoms with Crippen molar-refractivity contribution < 1.29 is 9.59 Å². The van der Waals surface area contributed by atoms with Crippen molar-refractivity contribution in [1.29, 1.82) is 0 Å². The Kier molecular flexibility index (Phi) is 4.60. The molecule has 1 fully saturated rings. The average Bonchev–Trinajstić information content (AvgIpc) is 3.20. The summed E-state index contributed by atoms with van der Waals surface area (Å²) in [5.41, 5.74) is 11.3. The lowest BCUT2D eigenvalue weighted by Gasteiger charge is -2.40. The molecule has 2 unspecified atom stereocenters. The number of nitrogen functional groups attached to an aromatic ring is 1. The molecule has 6 rings (SSSR count). The Morgan fingerprint density at radius 2 is 1.79 bits per heavy atom. The summed E-state index contributed by atoms with van der Waals surface area (Å²) in [5.74, 6) is 0.220. The molecule has 168 valence electrons. The number of anilines is 2. The Hall–Kier alpha value is -3.48. The number of carbonyl (C=O) groups is 2. The molecular formula is C26H27N5O2. The van der Waals surface area contributed by atoms with Crippen LogP contribution in [0.1, 0.15) is 49.3 Å². The summed E-state index contributed by atoms with van der Waals surface area (Å²) in [6.45, 7) is 2.39. The van der Waals surface area contributed by atoms with Crippen molar-refractivity contribution in [3.63, 3.8) is 0 Å². The van der Waals surface area contributed by atoms with Crippen LogP contribution in [0.2, 0.25) is 0 Å². The second-order valence-electron chi connectivity index (χ2n) is 9.38. The van der Waals surface area contributed by atoms with Crippen molar-refractivity contribution in [3.05, 3.63) is 59.2 Å². The fourth-order valence-corrected chi connectivity index (χ4v) is 5.85. The van der Waals surface area contributed by atoms with Crippen LogP contribution in [0, 0.1) is 5.92 Å². The SMILES string of the molecule is CC1=NC2CCCCC2C(=O)N1[C@@H]1N=C(c2ccccc2)c2cc(N)cc3c2N(CC3)C1=O. The quantitative estimate of drug-likeness (QED) is 0.726. The minimum absolute atomic E-state index is 0.0217. The number of amidine groups is 1. The molecule has 0 bridgehead atoms. The van der Waals surface area contributed by atoms with Gasteiger partial charge in [0.05, 0.1) is 23.4 Å². The van der Waals surface area contributed by atoms with E-state index in [1.54, 1.807) is 9.80 Å². The van der Waals surface area contributed by atoms with E-state index in [1.807, 2.05) is 49.4 Å². The number of rotatable bonds is 2. The summed E-state index contributed by atoms with van der Waals surface area (Å²) >= 11 is 0.